The van der Waals surface area contributed by atoms with Gasteiger partial charge in [-0.1, -0.05) is 17.3 Å². The summed E-state index contributed by atoms with van der Waals surface area (Å²) in [7, 11) is 3.22. The number of aromatic nitrogens is 2. The minimum atomic E-state index is 0.138. The molecule has 2 saturated heterocycles. The molecule has 0 radical (unpaired) electrons. The Morgan fingerprint density at radius 1 is 1.03 bits per heavy atom. The van der Waals surface area contributed by atoms with Gasteiger partial charge in [-0.2, -0.15) is 4.98 Å². The highest BCUT2D eigenvalue weighted by atomic mass is 16.5. The van der Waals surface area contributed by atoms with E-state index in [1.54, 1.807) is 14.2 Å². The van der Waals surface area contributed by atoms with Crippen LogP contribution >= 0.6 is 0 Å². The Morgan fingerprint density at radius 3 is 2.49 bits per heavy atom. The standard InChI is InChI=1S/C27H32N4O4/c1-16-5-7-21(20-14-24(32)28-15-20)25(17(16)2)31-11-9-18(10-12-31)27-29-26(30-35-27)19-6-8-22(33-3)23(13-19)34-4/h5-8,13,18,20H,9-12,14-15H2,1-4H3,(H,28,32). The number of aryl methyl sites for hydroxylation is 1. The van der Waals surface area contributed by atoms with Crippen LogP contribution in [-0.4, -0.2) is 49.9 Å². The van der Waals surface area contributed by atoms with Crippen molar-refractivity contribution in [2.45, 2.75) is 44.9 Å². The van der Waals surface area contributed by atoms with Gasteiger partial charge in [-0.3, -0.25) is 4.79 Å². The Bertz CT molecular complexity index is 1230. The van der Waals surface area contributed by atoms with Crippen LogP contribution in [0.15, 0.2) is 34.9 Å². The quantitative estimate of drug-likeness (QED) is 0.565. The average molecular weight is 477 g/mol. The molecule has 8 nitrogen and oxygen atoms in total. The summed E-state index contributed by atoms with van der Waals surface area (Å²) in [5, 5.41) is 7.22. The second-order valence-corrected chi connectivity index (χ2v) is 9.44. The van der Waals surface area contributed by atoms with Crippen LogP contribution in [0.25, 0.3) is 11.4 Å². The largest absolute Gasteiger partial charge is 0.493 e. The number of carbonyl (C=O) groups excluding carboxylic acids is 1. The van der Waals surface area contributed by atoms with Crippen molar-refractivity contribution in [1.82, 2.24) is 15.5 Å². The van der Waals surface area contributed by atoms with E-state index in [2.05, 4.69) is 41.4 Å². The van der Waals surface area contributed by atoms with Crippen LogP contribution in [0.3, 0.4) is 0 Å². The van der Waals surface area contributed by atoms with Gasteiger partial charge in [0.15, 0.2) is 11.5 Å². The fraction of sp³-hybridized carbons (Fsp3) is 0.444. The van der Waals surface area contributed by atoms with E-state index in [1.165, 1.54) is 22.4 Å². The number of hydrogen-bond acceptors (Lipinski definition) is 7. The molecule has 0 spiro atoms. The van der Waals surface area contributed by atoms with E-state index >= 15 is 0 Å². The van der Waals surface area contributed by atoms with Gasteiger partial charge in [0, 0.05) is 49.1 Å². The van der Waals surface area contributed by atoms with Gasteiger partial charge < -0.3 is 24.2 Å². The molecule has 2 aliphatic rings. The lowest BCUT2D eigenvalue weighted by Gasteiger charge is -2.36. The number of nitrogens with one attached hydrogen (secondary N) is 1. The number of hydrogen-bond donors (Lipinski definition) is 1. The molecule has 1 atom stereocenters. The van der Waals surface area contributed by atoms with Crippen molar-refractivity contribution in [3.63, 3.8) is 0 Å². The zero-order valence-electron chi connectivity index (χ0n) is 20.8. The molecule has 1 unspecified atom stereocenters. The molecule has 2 fully saturated rings. The molecule has 3 aromatic rings. The fourth-order valence-corrected chi connectivity index (χ4v) is 5.24. The Morgan fingerprint density at radius 2 is 1.80 bits per heavy atom. The summed E-state index contributed by atoms with van der Waals surface area (Å²) in [6.45, 7) is 6.87. The number of benzene rings is 2. The first-order valence-electron chi connectivity index (χ1n) is 12.2. The highest BCUT2D eigenvalue weighted by Crippen LogP contribution is 2.39. The lowest BCUT2D eigenvalue weighted by molar-refractivity contribution is -0.119. The van der Waals surface area contributed by atoms with Crippen LogP contribution in [-0.2, 0) is 4.79 Å². The summed E-state index contributed by atoms with van der Waals surface area (Å²) in [5.41, 5.74) is 5.98. The van der Waals surface area contributed by atoms with E-state index in [-0.39, 0.29) is 17.7 Å². The number of anilines is 1. The average Bonchev–Trinajstić information content (AvgIpc) is 3.55. The van der Waals surface area contributed by atoms with Crippen molar-refractivity contribution < 1.29 is 18.8 Å². The Balaban J connectivity index is 1.32. The van der Waals surface area contributed by atoms with Crippen LogP contribution in [0.4, 0.5) is 5.69 Å². The van der Waals surface area contributed by atoms with Crippen LogP contribution in [0.5, 0.6) is 11.5 Å². The lowest BCUT2D eigenvalue weighted by Crippen LogP contribution is -2.34. The van der Waals surface area contributed by atoms with Crippen LogP contribution in [0.1, 0.15) is 53.7 Å². The summed E-state index contributed by atoms with van der Waals surface area (Å²) >= 11 is 0. The van der Waals surface area contributed by atoms with Crippen molar-refractivity contribution >= 4 is 11.6 Å². The normalized spacial score (nSPS) is 18.6. The summed E-state index contributed by atoms with van der Waals surface area (Å²) < 4.78 is 16.4. The minimum absolute atomic E-state index is 0.138. The van der Waals surface area contributed by atoms with Crippen molar-refractivity contribution in [3.8, 4) is 22.9 Å². The monoisotopic (exact) mass is 476 g/mol. The molecule has 2 aliphatic heterocycles. The van der Waals surface area contributed by atoms with Crippen molar-refractivity contribution in [3.05, 3.63) is 52.9 Å². The molecular weight excluding hydrogens is 444 g/mol. The molecular formula is C27H32N4O4. The molecule has 1 amide bonds. The smallest absolute Gasteiger partial charge is 0.230 e. The second-order valence-electron chi connectivity index (χ2n) is 9.44. The number of carbonyl (C=O) groups is 1. The number of piperidine rings is 1. The van der Waals surface area contributed by atoms with E-state index in [1.807, 2.05) is 18.2 Å². The first-order valence-corrected chi connectivity index (χ1v) is 12.2. The Hall–Kier alpha value is -3.55. The maximum Gasteiger partial charge on any atom is 0.230 e. The third-order valence-electron chi connectivity index (χ3n) is 7.39. The predicted molar refractivity (Wildman–Crippen MR) is 133 cm³/mol. The van der Waals surface area contributed by atoms with Crippen molar-refractivity contribution in [2.75, 3.05) is 38.8 Å². The maximum atomic E-state index is 11.9. The van der Waals surface area contributed by atoms with Gasteiger partial charge in [0.25, 0.3) is 0 Å². The molecule has 2 aromatic carbocycles. The summed E-state index contributed by atoms with van der Waals surface area (Å²) in [6, 6.07) is 10.0. The maximum absolute atomic E-state index is 11.9. The van der Waals surface area contributed by atoms with Gasteiger partial charge in [0.1, 0.15) is 0 Å². The molecule has 0 bridgehead atoms. The third-order valence-corrected chi connectivity index (χ3v) is 7.39. The first kappa shape index (κ1) is 23.2. The van der Waals surface area contributed by atoms with Gasteiger partial charge >= 0.3 is 0 Å². The molecule has 5 rings (SSSR count). The summed E-state index contributed by atoms with van der Waals surface area (Å²) in [4.78, 5) is 19.1. The topological polar surface area (TPSA) is 89.7 Å². The van der Waals surface area contributed by atoms with E-state index in [0.717, 1.165) is 31.5 Å². The minimum Gasteiger partial charge on any atom is -0.493 e. The third kappa shape index (κ3) is 4.45. The van der Waals surface area contributed by atoms with E-state index in [9.17, 15) is 4.79 Å². The van der Waals surface area contributed by atoms with Crippen molar-refractivity contribution in [1.29, 1.82) is 0 Å². The lowest BCUT2D eigenvalue weighted by atomic mass is 9.89. The van der Waals surface area contributed by atoms with Gasteiger partial charge in [0.05, 0.1) is 14.2 Å². The van der Waals surface area contributed by atoms with Crippen LogP contribution in [0.2, 0.25) is 0 Å². The number of rotatable bonds is 6. The number of methoxy groups -OCH3 is 2. The van der Waals surface area contributed by atoms with E-state index in [4.69, 9.17) is 19.0 Å². The van der Waals surface area contributed by atoms with Crippen LogP contribution < -0.4 is 19.7 Å². The summed E-state index contributed by atoms with van der Waals surface area (Å²) in [6.07, 6.45) is 2.43. The molecule has 184 valence electrons. The molecule has 1 N–H and O–H groups in total. The van der Waals surface area contributed by atoms with Gasteiger partial charge in [0.2, 0.25) is 17.6 Å². The van der Waals surface area contributed by atoms with Gasteiger partial charge in [-0.15, -0.1) is 0 Å². The first-order chi connectivity index (χ1) is 17.0. The highest BCUT2D eigenvalue weighted by molar-refractivity contribution is 5.80. The molecule has 8 heteroatoms. The highest BCUT2D eigenvalue weighted by Gasteiger charge is 2.31. The molecule has 1 aromatic heterocycles. The van der Waals surface area contributed by atoms with E-state index < -0.39 is 0 Å². The number of nitrogens with zero attached hydrogens (tertiary/aromatic N) is 3. The Kier molecular flexibility index (Phi) is 6.36. The molecule has 0 saturated carbocycles. The zero-order chi connectivity index (χ0) is 24.5. The van der Waals surface area contributed by atoms with E-state index in [0.29, 0.717) is 36.2 Å². The van der Waals surface area contributed by atoms with Crippen LogP contribution in [0, 0.1) is 13.8 Å². The Labute approximate surface area is 205 Å². The van der Waals surface area contributed by atoms with Gasteiger partial charge in [-0.25, -0.2) is 0 Å². The number of ether oxygens (including phenoxy) is 2. The van der Waals surface area contributed by atoms with Crippen molar-refractivity contribution in [2.24, 2.45) is 0 Å². The second kappa shape index (κ2) is 9.60. The fourth-order valence-electron chi connectivity index (χ4n) is 5.24. The number of amides is 1. The molecule has 35 heavy (non-hydrogen) atoms. The predicted octanol–water partition coefficient (Wildman–Crippen LogP) is 4.36. The molecule has 3 heterocycles. The molecule has 0 aliphatic carbocycles. The summed E-state index contributed by atoms with van der Waals surface area (Å²) in [5.74, 6) is 3.12. The SMILES string of the molecule is COc1ccc(-c2noc(C3CCN(c4c(C5CNC(=O)C5)ccc(C)c4C)CC3)n2)cc1OC. The zero-order valence-corrected chi connectivity index (χ0v) is 20.8. The van der Waals surface area contributed by atoms with Gasteiger partial charge in [-0.05, 0) is 61.6 Å².